The Labute approximate surface area is 167 Å². The molecule has 2 heterocycles. The second-order valence-electron chi connectivity index (χ2n) is 5.85. The minimum atomic E-state index is -5.42. The fourth-order valence-corrected chi connectivity index (χ4v) is 5.33. The van der Waals surface area contributed by atoms with E-state index in [1.807, 2.05) is 0 Å². The van der Waals surface area contributed by atoms with Crippen LogP contribution < -0.4 is 5.56 Å². The van der Waals surface area contributed by atoms with Crippen LogP contribution >= 0.6 is 36.1 Å². The lowest BCUT2D eigenvalue weighted by molar-refractivity contribution is -0.0978. The van der Waals surface area contributed by atoms with E-state index in [-0.39, 0.29) is 4.77 Å². The predicted octanol–water partition coefficient (Wildman–Crippen LogP) is -0.185. The number of nitrogens with zero attached hydrogens (tertiary/aromatic N) is 1. The maximum Gasteiger partial charge on any atom is 0.705 e. The summed E-state index contributed by atoms with van der Waals surface area (Å²) in [4.78, 5) is 40.5. The molecule has 0 saturated carbocycles. The number of ether oxygens (including phenoxy) is 1. The Morgan fingerprint density at radius 2 is 2.03 bits per heavy atom. The Hall–Kier alpha value is -0.700. The number of aliphatic hydroxyl groups is 2. The van der Waals surface area contributed by atoms with Crippen molar-refractivity contribution in [2.24, 2.45) is 0 Å². The van der Waals surface area contributed by atoms with Gasteiger partial charge in [0.25, 0.3) is 5.56 Å². The molecule has 0 radical (unpaired) electrons. The average Bonchev–Trinajstić information content (AvgIpc) is 2.74. The van der Waals surface area contributed by atoms with Crippen LogP contribution in [0.5, 0.6) is 0 Å². The van der Waals surface area contributed by atoms with E-state index in [2.05, 4.69) is 18.1 Å². The van der Waals surface area contributed by atoms with Gasteiger partial charge in [-0.25, -0.2) is 9.13 Å². The normalized spacial score (nSPS) is 31.8. The van der Waals surface area contributed by atoms with Gasteiger partial charge in [0.15, 0.2) is 11.0 Å². The van der Waals surface area contributed by atoms with Crippen molar-refractivity contribution in [1.29, 1.82) is 0 Å². The van der Waals surface area contributed by atoms with Crippen LogP contribution in [-0.2, 0) is 31.6 Å². The summed E-state index contributed by atoms with van der Waals surface area (Å²) in [5, 5.41) is 20.8. The van der Waals surface area contributed by atoms with E-state index in [1.54, 1.807) is 0 Å². The van der Waals surface area contributed by atoms with Gasteiger partial charge >= 0.3 is 23.9 Å². The molecule has 164 valence electrons. The van der Waals surface area contributed by atoms with Crippen molar-refractivity contribution in [3.8, 4) is 0 Å². The zero-order valence-electron chi connectivity index (χ0n) is 14.3. The summed E-state index contributed by atoms with van der Waals surface area (Å²) >= 11 is 4.96. The van der Waals surface area contributed by atoms with Crippen LogP contribution in [0.15, 0.2) is 17.1 Å². The van der Waals surface area contributed by atoms with Gasteiger partial charge in [-0.2, -0.15) is 4.31 Å². The standard InChI is InChI=1S/C10H15N2O13P3S/c1-10(15)7(14)5(23-8(10)12-3-2-6(13)11-9(12)29)4-22-27(18,19)25-28(20,21)24-26(16)17/h2-3,5,7-8,14-15H,4H2,1H3,(H3-,11,13,16,17,18,19,20,21,29)/p+1/t5-,7+,8-,10?/m1/s1. The third-order valence-electron chi connectivity index (χ3n) is 3.64. The summed E-state index contributed by atoms with van der Waals surface area (Å²) in [7, 11) is -14.4. The summed E-state index contributed by atoms with van der Waals surface area (Å²) in [6, 6.07) is 1.08. The second kappa shape index (κ2) is 8.81. The van der Waals surface area contributed by atoms with E-state index >= 15 is 0 Å². The number of hydrogen-bond acceptors (Lipinski definition) is 11. The SMILES string of the molecule is CC1(O)[C@@H](O)[C@@H](COP(=O)(O)OP(=O)(O)O[P+](=O)O)O[C@H]1n1ccc(=O)[nH]c1=S. The number of nitrogens with one attached hydrogen (secondary N) is 1. The summed E-state index contributed by atoms with van der Waals surface area (Å²) in [6.07, 6.45) is -3.32. The highest BCUT2D eigenvalue weighted by molar-refractivity contribution is 7.71. The minimum Gasteiger partial charge on any atom is -0.387 e. The van der Waals surface area contributed by atoms with Crippen molar-refractivity contribution in [2.45, 2.75) is 31.0 Å². The van der Waals surface area contributed by atoms with E-state index in [9.17, 15) is 33.6 Å². The van der Waals surface area contributed by atoms with Crippen molar-refractivity contribution >= 4 is 36.1 Å². The number of rotatable bonds is 8. The number of phosphoric ester groups is 1. The van der Waals surface area contributed by atoms with Gasteiger partial charge in [-0.3, -0.25) is 23.8 Å². The number of aromatic nitrogens is 2. The molecule has 0 spiro atoms. The van der Waals surface area contributed by atoms with Crippen LogP contribution in [0, 0.1) is 4.77 Å². The molecule has 0 bridgehead atoms. The molecule has 7 atom stereocenters. The Morgan fingerprint density at radius 1 is 1.41 bits per heavy atom. The molecule has 29 heavy (non-hydrogen) atoms. The summed E-state index contributed by atoms with van der Waals surface area (Å²) in [5.74, 6) is 0. The number of hydrogen-bond donors (Lipinski definition) is 6. The molecule has 1 aliphatic rings. The van der Waals surface area contributed by atoms with E-state index in [0.29, 0.717) is 0 Å². The molecule has 6 N–H and O–H groups in total. The molecule has 1 aromatic heterocycles. The molecule has 4 unspecified atom stereocenters. The number of phosphoric acid groups is 2. The maximum absolute atomic E-state index is 11.7. The van der Waals surface area contributed by atoms with Crippen LogP contribution in [0.2, 0.25) is 0 Å². The Bertz CT molecular complexity index is 992. The molecule has 15 nitrogen and oxygen atoms in total. The summed E-state index contributed by atoms with van der Waals surface area (Å²) in [5.41, 5.74) is -2.53. The molecule has 2 rings (SSSR count). The highest BCUT2D eigenvalue weighted by Gasteiger charge is 2.54. The molecule has 0 aromatic carbocycles. The molecular formula is C10H16N2O13P3S+. The van der Waals surface area contributed by atoms with Crippen LogP contribution in [0.4, 0.5) is 0 Å². The molecule has 19 heteroatoms. The third-order valence-corrected chi connectivity index (χ3v) is 7.46. The van der Waals surface area contributed by atoms with Crippen molar-refractivity contribution < 1.29 is 56.5 Å². The summed E-state index contributed by atoms with van der Waals surface area (Å²) in [6.45, 7) is 0.237. The Kier molecular flexibility index (Phi) is 7.46. The lowest BCUT2D eigenvalue weighted by Crippen LogP contribution is -2.44. The molecule has 1 saturated heterocycles. The van der Waals surface area contributed by atoms with Crippen LogP contribution in [0.3, 0.4) is 0 Å². The number of aliphatic hydroxyl groups excluding tert-OH is 1. The first-order valence-corrected chi connectivity index (χ1v) is 11.9. The zero-order chi connectivity index (χ0) is 22.2. The van der Waals surface area contributed by atoms with Gasteiger partial charge in [0, 0.05) is 16.8 Å². The van der Waals surface area contributed by atoms with E-state index < -0.39 is 60.1 Å². The highest BCUT2D eigenvalue weighted by atomic mass is 32.1. The van der Waals surface area contributed by atoms with Gasteiger partial charge in [0.05, 0.1) is 6.61 Å². The average molecular weight is 497 g/mol. The quantitative estimate of drug-likeness (QED) is 0.202. The van der Waals surface area contributed by atoms with E-state index in [4.69, 9.17) is 26.7 Å². The molecule has 0 aliphatic carbocycles. The molecular weight excluding hydrogens is 481 g/mol. The number of H-pyrrole nitrogens is 1. The molecule has 1 fully saturated rings. The van der Waals surface area contributed by atoms with Crippen molar-refractivity contribution in [2.75, 3.05) is 6.61 Å². The lowest BCUT2D eigenvalue weighted by Gasteiger charge is -2.27. The predicted molar refractivity (Wildman–Crippen MR) is 94.0 cm³/mol. The van der Waals surface area contributed by atoms with E-state index in [0.717, 1.165) is 17.6 Å². The van der Waals surface area contributed by atoms with Gasteiger partial charge < -0.3 is 19.8 Å². The van der Waals surface area contributed by atoms with E-state index in [1.165, 1.54) is 6.20 Å². The molecule has 1 aromatic rings. The Balaban J connectivity index is 2.13. The van der Waals surface area contributed by atoms with Crippen LogP contribution in [0.1, 0.15) is 13.2 Å². The van der Waals surface area contributed by atoms with Crippen molar-refractivity contribution in [3.05, 3.63) is 27.4 Å². The van der Waals surface area contributed by atoms with Crippen molar-refractivity contribution in [3.63, 3.8) is 0 Å². The smallest absolute Gasteiger partial charge is 0.387 e. The van der Waals surface area contributed by atoms with Gasteiger partial charge in [-0.1, -0.05) is 0 Å². The molecule has 1 aliphatic heterocycles. The zero-order valence-corrected chi connectivity index (χ0v) is 17.8. The highest BCUT2D eigenvalue weighted by Crippen LogP contribution is 2.63. The Morgan fingerprint density at radius 3 is 2.59 bits per heavy atom. The second-order valence-corrected chi connectivity index (χ2v) is 10.2. The lowest BCUT2D eigenvalue weighted by atomic mass is 9.96. The van der Waals surface area contributed by atoms with Gasteiger partial charge in [-0.05, 0) is 23.5 Å². The fourth-order valence-electron chi connectivity index (χ4n) is 2.41. The van der Waals surface area contributed by atoms with Crippen LogP contribution in [0.25, 0.3) is 0 Å². The third kappa shape index (κ3) is 6.15. The first kappa shape index (κ1) is 24.6. The summed E-state index contributed by atoms with van der Waals surface area (Å²) < 4.78 is 51.6. The minimum absolute atomic E-state index is 0.149. The topological polar surface area (TPSA) is 227 Å². The van der Waals surface area contributed by atoms with Crippen molar-refractivity contribution in [1.82, 2.24) is 9.55 Å². The van der Waals surface area contributed by atoms with Gasteiger partial charge in [-0.15, -0.1) is 4.89 Å². The largest absolute Gasteiger partial charge is 0.705 e. The molecule has 0 amide bonds. The monoisotopic (exact) mass is 497 g/mol. The van der Waals surface area contributed by atoms with Gasteiger partial charge in [0.1, 0.15) is 17.8 Å². The van der Waals surface area contributed by atoms with Gasteiger partial charge in [0.2, 0.25) is 0 Å². The maximum atomic E-state index is 11.7. The number of aromatic amines is 1. The first-order valence-electron chi connectivity index (χ1n) is 7.39. The van der Waals surface area contributed by atoms with Crippen LogP contribution in [-0.4, -0.2) is 58.9 Å². The fraction of sp³-hybridized carbons (Fsp3) is 0.600. The first-order chi connectivity index (χ1) is 13.1.